The Morgan fingerprint density at radius 1 is 1.18 bits per heavy atom. The van der Waals surface area contributed by atoms with Crippen molar-refractivity contribution >= 4 is 22.8 Å². The minimum absolute atomic E-state index is 0.0446. The molecule has 0 unspecified atom stereocenters. The van der Waals surface area contributed by atoms with E-state index in [0.717, 1.165) is 11.1 Å². The van der Waals surface area contributed by atoms with Gasteiger partial charge >= 0.3 is 0 Å². The molecule has 33 heavy (non-hydrogen) atoms. The summed E-state index contributed by atoms with van der Waals surface area (Å²) < 4.78 is 33.9. The highest BCUT2D eigenvalue weighted by Crippen LogP contribution is 2.51. The summed E-state index contributed by atoms with van der Waals surface area (Å²) in [4.78, 5) is 25.9. The second-order valence-corrected chi connectivity index (χ2v) is 7.97. The number of alkyl halides is 2. The SMILES string of the molecule is COc1cc2ncnc(-c3cn(C)nc3-c3ccccc3)c2nc1NC(=O)C1(C(F)F)CC1. The molecule has 1 fully saturated rings. The van der Waals surface area contributed by atoms with Gasteiger partial charge < -0.3 is 10.1 Å². The highest BCUT2D eigenvalue weighted by atomic mass is 19.3. The van der Waals surface area contributed by atoms with Crippen LogP contribution in [0.3, 0.4) is 0 Å². The number of rotatable bonds is 6. The summed E-state index contributed by atoms with van der Waals surface area (Å²) >= 11 is 0. The smallest absolute Gasteiger partial charge is 0.252 e. The molecular weight excluding hydrogens is 430 g/mol. The normalized spacial score (nSPS) is 14.5. The van der Waals surface area contributed by atoms with Gasteiger partial charge in [-0.2, -0.15) is 5.10 Å². The summed E-state index contributed by atoms with van der Waals surface area (Å²) in [6.07, 6.45) is 0.763. The number of aromatic nitrogens is 5. The van der Waals surface area contributed by atoms with Crippen molar-refractivity contribution in [2.45, 2.75) is 19.3 Å². The van der Waals surface area contributed by atoms with E-state index in [-0.39, 0.29) is 24.4 Å². The van der Waals surface area contributed by atoms with Crippen LogP contribution in [-0.2, 0) is 11.8 Å². The van der Waals surface area contributed by atoms with Crippen LogP contribution in [0.5, 0.6) is 5.75 Å². The molecule has 0 bridgehead atoms. The Kier molecular flexibility index (Phi) is 4.99. The highest BCUT2D eigenvalue weighted by molar-refractivity contribution is 6.00. The molecule has 1 aliphatic carbocycles. The lowest BCUT2D eigenvalue weighted by molar-refractivity contribution is -0.126. The van der Waals surface area contributed by atoms with Gasteiger partial charge in [-0.05, 0) is 12.8 Å². The Labute approximate surface area is 187 Å². The van der Waals surface area contributed by atoms with Gasteiger partial charge in [0.15, 0.2) is 11.6 Å². The standard InChI is InChI=1S/C23H20F2N6O2/c1-31-11-14(17(30-31)13-6-4-3-5-7-13)18-19-15(26-12-27-18)10-16(33-2)20(28-19)29-22(32)23(8-9-23)21(24)25/h3-7,10-12,21H,8-9H2,1-2H3,(H,28,29,32). The zero-order chi connectivity index (χ0) is 23.2. The van der Waals surface area contributed by atoms with E-state index in [1.54, 1.807) is 17.8 Å². The van der Waals surface area contributed by atoms with Crippen LogP contribution in [0.4, 0.5) is 14.6 Å². The number of hydrogen-bond acceptors (Lipinski definition) is 6. The Bertz CT molecular complexity index is 1350. The van der Waals surface area contributed by atoms with Crippen molar-refractivity contribution in [2.75, 3.05) is 12.4 Å². The molecule has 0 aliphatic heterocycles. The summed E-state index contributed by atoms with van der Waals surface area (Å²) in [6.45, 7) is 0. The monoisotopic (exact) mass is 450 g/mol. The second-order valence-electron chi connectivity index (χ2n) is 7.97. The predicted molar refractivity (Wildman–Crippen MR) is 118 cm³/mol. The van der Waals surface area contributed by atoms with Crippen molar-refractivity contribution in [1.82, 2.24) is 24.7 Å². The van der Waals surface area contributed by atoms with Crippen LogP contribution in [0.25, 0.3) is 33.5 Å². The molecule has 168 valence electrons. The highest BCUT2D eigenvalue weighted by Gasteiger charge is 2.57. The topological polar surface area (TPSA) is 94.8 Å². The number of nitrogens with zero attached hydrogens (tertiary/aromatic N) is 5. The van der Waals surface area contributed by atoms with Gasteiger partial charge in [0.25, 0.3) is 6.43 Å². The predicted octanol–water partition coefficient (Wildman–Crippen LogP) is 4.08. The second kappa shape index (κ2) is 7.88. The first-order chi connectivity index (χ1) is 15.9. The molecule has 8 nitrogen and oxygen atoms in total. The molecule has 10 heteroatoms. The molecule has 1 N–H and O–H groups in total. The fourth-order valence-corrected chi connectivity index (χ4v) is 3.79. The number of aryl methyl sites for hydroxylation is 1. The number of carbonyl (C=O) groups is 1. The third-order valence-corrected chi connectivity index (χ3v) is 5.82. The Hall–Kier alpha value is -3.95. The van der Waals surface area contributed by atoms with E-state index in [2.05, 4.69) is 25.4 Å². The number of hydrogen-bond donors (Lipinski definition) is 1. The molecule has 4 aromatic rings. The number of carbonyl (C=O) groups excluding carboxylic acids is 1. The van der Waals surface area contributed by atoms with E-state index in [1.165, 1.54) is 13.4 Å². The largest absolute Gasteiger partial charge is 0.493 e. The van der Waals surface area contributed by atoms with Crippen molar-refractivity contribution in [3.8, 4) is 28.3 Å². The number of benzene rings is 1. The van der Waals surface area contributed by atoms with Gasteiger partial charge in [0.2, 0.25) is 5.91 Å². The lowest BCUT2D eigenvalue weighted by Crippen LogP contribution is -2.30. The van der Waals surface area contributed by atoms with Crippen LogP contribution in [0.2, 0.25) is 0 Å². The number of amides is 1. The van der Waals surface area contributed by atoms with Crippen molar-refractivity contribution < 1.29 is 18.3 Å². The maximum atomic E-state index is 13.4. The summed E-state index contributed by atoms with van der Waals surface area (Å²) in [5, 5.41) is 7.12. The molecule has 0 radical (unpaired) electrons. The molecule has 3 heterocycles. The summed E-state index contributed by atoms with van der Waals surface area (Å²) in [5.41, 5.74) is 2.03. The van der Waals surface area contributed by atoms with E-state index in [4.69, 9.17) is 4.74 Å². The third kappa shape index (κ3) is 3.57. The van der Waals surface area contributed by atoms with Gasteiger partial charge in [-0.1, -0.05) is 30.3 Å². The van der Waals surface area contributed by atoms with Gasteiger partial charge in [0.05, 0.1) is 12.6 Å². The molecule has 1 saturated carbocycles. The number of anilines is 1. The molecule has 0 saturated heterocycles. The zero-order valence-electron chi connectivity index (χ0n) is 17.9. The maximum Gasteiger partial charge on any atom is 0.252 e. The number of methoxy groups -OCH3 is 1. The van der Waals surface area contributed by atoms with Crippen LogP contribution in [-0.4, -0.2) is 44.2 Å². The van der Waals surface area contributed by atoms with Gasteiger partial charge in [-0.25, -0.2) is 23.7 Å². The van der Waals surface area contributed by atoms with E-state index < -0.39 is 17.7 Å². The number of halogens is 2. The van der Waals surface area contributed by atoms with Crippen molar-refractivity contribution in [2.24, 2.45) is 12.5 Å². The average molecular weight is 450 g/mol. The number of ether oxygens (including phenoxy) is 1. The third-order valence-electron chi connectivity index (χ3n) is 5.82. The lowest BCUT2D eigenvalue weighted by atomic mass is 10.0. The Balaban J connectivity index is 1.64. The summed E-state index contributed by atoms with van der Waals surface area (Å²) in [5.74, 6) is -0.504. The van der Waals surface area contributed by atoms with E-state index in [0.29, 0.717) is 22.4 Å². The first-order valence-corrected chi connectivity index (χ1v) is 10.3. The number of pyridine rings is 1. The van der Waals surface area contributed by atoms with E-state index >= 15 is 0 Å². The van der Waals surface area contributed by atoms with Crippen LogP contribution in [0, 0.1) is 5.41 Å². The van der Waals surface area contributed by atoms with Crippen LogP contribution in [0.1, 0.15) is 12.8 Å². The summed E-state index contributed by atoms with van der Waals surface area (Å²) in [7, 11) is 3.22. The quantitative estimate of drug-likeness (QED) is 0.476. The molecule has 1 aliphatic rings. The van der Waals surface area contributed by atoms with Crippen molar-refractivity contribution in [3.05, 3.63) is 48.9 Å². The van der Waals surface area contributed by atoms with E-state index in [1.807, 2.05) is 36.5 Å². The number of nitrogens with one attached hydrogen (secondary N) is 1. The molecule has 5 rings (SSSR count). The fourth-order valence-electron chi connectivity index (χ4n) is 3.79. The molecule has 1 amide bonds. The molecular formula is C23H20F2N6O2. The first kappa shape index (κ1) is 20.9. The summed E-state index contributed by atoms with van der Waals surface area (Å²) in [6, 6.07) is 11.2. The minimum Gasteiger partial charge on any atom is -0.493 e. The van der Waals surface area contributed by atoms with Crippen LogP contribution < -0.4 is 10.1 Å². The Morgan fingerprint density at radius 2 is 1.94 bits per heavy atom. The molecule has 3 aromatic heterocycles. The van der Waals surface area contributed by atoms with Gasteiger partial charge in [0.1, 0.15) is 28.6 Å². The molecule has 0 atom stereocenters. The molecule has 0 spiro atoms. The number of fused-ring (bicyclic) bond motifs is 1. The van der Waals surface area contributed by atoms with E-state index in [9.17, 15) is 13.6 Å². The fraction of sp³-hybridized carbons (Fsp3) is 0.261. The average Bonchev–Trinajstić information content (AvgIpc) is 3.56. The zero-order valence-corrected chi connectivity index (χ0v) is 17.9. The first-order valence-electron chi connectivity index (χ1n) is 10.3. The van der Waals surface area contributed by atoms with Crippen LogP contribution >= 0.6 is 0 Å². The van der Waals surface area contributed by atoms with Crippen LogP contribution in [0.15, 0.2) is 48.9 Å². The van der Waals surface area contributed by atoms with Gasteiger partial charge in [-0.15, -0.1) is 0 Å². The van der Waals surface area contributed by atoms with Crippen molar-refractivity contribution in [3.63, 3.8) is 0 Å². The Morgan fingerprint density at radius 3 is 2.61 bits per heavy atom. The maximum absolute atomic E-state index is 13.4. The molecule has 1 aromatic carbocycles. The van der Waals surface area contributed by atoms with Crippen molar-refractivity contribution in [1.29, 1.82) is 0 Å². The van der Waals surface area contributed by atoms with Gasteiger partial charge in [-0.3, -0.25) is 9.48 Å². The lowest BCUT2D eigenvalue weighted by Gasteiger charge is -2.16. The van der Waals surface area contributed by atoms with Gasteiger partial charge in [0, 0.05) is 30.4 Å². The minimum atomic E-state index is -2.74.